The van der Waals surface area contributed by atoms with E-state index >= 15 is 0 Å². The maximum absolute atomic E-state index is 12.2. The first kappa shape index (κ1) is 12.6. The van der Waals surface area contributed by atoms with E-state index in [2.05, 4.69) is 15.6 Å². The number of para-hydroxylation sites is 1. The molecule has 1 aliphatic rings. The Hall–Kier alpha value is -3.08. The summed E-state index contributed by atoms with van der Waals surface area (Å²) < 4.78 is 1.94. The Morgan fingerprint density at radius 2 is 1.82 bits per heavy atom. The van der Waals surface area contributed by atoms with Gasteiger partial charge in [-0.25, -0.2) is 4.98 Å². The van der Waals surface area contributed by atoms with Crippen LogP contribution in [0.4, 0.5) is 5.69 Å². The lowest BCUT2D eigenvalue weighted by molar-refractivity contribution is 0.0935. The fourth-order valence-corrected chi connectivity index (χ4v) is 2.62. The minimum atomic E-state index is -0.223. The molecule has 0 aliphatic carbocycles. The highest BCUT2D eigenvalue weighted by molar-refractivity contribution is 6.01. The highest BCUT2D eigenvalue weighted by Gasteiger charge is 2.23. The lowest BCUT2D eigenvalue weighted by atomic mass is 10.1. The van der Waals surface area contributed by atoms with Gasteiger partial charge in [-0.1, -0.05) is 24.3 Å². The fourth-order valence-electron chi connectivity index (χ4n) is 2.62. The van der Waals surface area contributed by atoms with E-state index in [-0.39, 0.29) is 12.1 Å². The number of imidazole rings is 1. The van der Waals surface area contributed by atoms with Gasteiger partial charge in [0.15, 0.2) is 0 Å². The Balaban J connectivity index is 1.62. The van der Waals surface area contributed by atoms with Gasteiger partial charge in [-0.3, -0.25) is 4.79 Å². The number of carbonyl (C=O) groups is 1. The van der Waals surface area contributed by atoms with Crippen molar-refractivity contribution < 1.29 is 4.79 Å². The number of aromatic nitrogens is 2. The van der Waals surface area contributed by atoms with E-state index in [4.69, 9.17) is 0 Å². The van der Waals surface area contributed by atoms with Crippen molar-refractivity contribution in [3.8, 4) is 5.69 Å². The molecule has 3 aromatic rings. The summed E-state index contributed by atoms with van der Waals surface area (Å²) in [6, 6.07) is 15.5. The zero-order chi connectivity index (χ0) is 14.9. The first-order valence-electron chi connectivity index (χ1n) is 7.06. The molecule has 2 heterocycles. The number of fused-ring (bicyclic) bond motifs is 1. The van der Waals surface area contributed by atoms with Crippen molar-refractivity contribution in [2.24, 2.45) is 0 Å². The minimum Gasteiger partial charge on any atom is -0.361 e. The van der Waals surface area contributed by atoms with Gasteiger partial charge in [-0.05, 0) is 29.8 Å². The fraction of sp³-hybridized carbons (Fsp3) is 0.0588. The highest BCUT2D eigenvalue weighted by Crippen LogP contribution is 2.26. The summed E-state index contributed by atoms with van der Waals surface area (Å²) in [5, 5.41) is 6.32. The molecule has 4 rings (SSSR count). The Morgan fingerprint density at radius 3 is 2.59 bits per heavy atom. The van der Waals surface area contributed by atoms with Gasteiger partial charge in [0, 0.05) is 23.8 Å². The van der Waals surface area contributed by atoms with Crippen LogP contribution in [-0.4, -0.2) is 15.5 Å². The molecular formula is C17H14N4O. The van der Waals surface area contributed by atoms with Crippen LogP contribution in [0.5, 0.6) is 0 Å². The SMILES string of the molecule is O=C1N[C@@H](c2ccc(-n3ccnc3)cc2)Nc2ccccc21. The summed E-state index contributed by atoms with van der Waals surface area (Å²) in [6.07, 6.45) is 5.17. The summed E-state index contributed by atoms with van der Waals surface area (Å²) in [5.74, 6) is -0.0574. The first-order valence-corrected chi connectivity index (χ1v) is 7.06. The Kier molecular flexibility index (Phi) is 2.89. The van der Waals surface area contributed by atoms with Crippen molar-refractivity contribution in [2.45, 2.75) is 6.17 Å². The van der Waals surface area contributed by atoms with Gasteiger partial charge in [-0.2, -0.15) is 0 Å². The smallest absolute Gasteiger partial charge is 0.255 e. The molecule has 0 spiro atoms. The molecule has 0 fully saturated rings. The molecule has 1 aromatic heterocycles. The molecule has 1 aliphatic heterocycles. The Bertz CT molecular complexity index is 809. The number of benzene rings is 2. The largest absolute Gasteiger partial charge is 0.361 e. The lowest BCUT2D eigenvalue weighted by Gasteiger charge is -2.28. The third kappa shape index (κ3) is 2.13. The molecule has 0 saturated heterocycles. The van der Waals surface area contributed by atoms with Crippen molar-refractivity contribution in [3.05, 3.63) is 78.4 Å². The quantitative estimate of drug-likeness (QED) is 0.763. The van der Waals surface area contributed by atoms with Crippen LogP contribution in [0, 0.1) is 0 Å². The number of rotatable bonds is 2. The van der Waals surface area contributed by atoms with Gasteiger partial charge in [-0.15, -0.1) is 0 Å². The van der Waals surface area contributed by atoms with E-state index in [0.29, 0.717) is 5.56 Å². The number of hydrogen-bond acceptors (Lipinski definition) is 3. The van der Waals surface area contributed by atoms with Gasteiger partial charge in [0.2, 0.25) is 0 Å². The van der Waals surface area contributed by atoms with E-state index in [0.717, 1.165) is 16.9 Å². The van der Waals surface area contributed by atoms with E-state index in [1.165, 1.54) is 0 Å². The Morgan fingerprint density at radius 1 is 1.00 bits per heavy atom. The average Bonchev–Trinajstić information content (AvgIpc) is 3.09. The average molecular weight is 290 g/mol. The maximum atomic E-state index is 12.2. The number of anilines is 1. The lowest BCUT2D eigenvalue weighted by Crippen LogP contribution is -2.38. The molecule has 2 aromatic carbocycles. The normalized spacial score (nSPS) is 16.5. The predicted molar refractivity (Wildman–Crippen MR) is 83.8 cm³/mol. The molecule has 0 unspecified atom stereocenters. The van der Waals surface area contributed by atoms with Crippen LogP contribution in [0.2, 0.25) is 0 Å². The summed E-state index contributed by atoms with van der Waals surface area (Å²) in [4.78, 5) is 16.2. The molecule has 0 bridgehead atoms. The third-order valence-electron chi connectivity index (χ3n) is 3.78. The first-order chi connectivity index (χ1) is 10.8. The van der Waals surface area contributed by atoms with Gasteiger partial charge >= 0.3 is 0 Å². The molecule has 108 valence electrons. The van der Waals surface area contributed by atoms with E-state index in [9.17, 15) is 4.79 Å². The highest BCUT2D eigenvalue weighted by atomic mass is 16.2. The van der Waals surface area contributed by atoms with Crippen LogP contribution >= 0.6 is 0 Å². The summed E-state index contributed by atoms with van der Waals surface area (Å²) in [5.41, 5.74) is 3.57. The van der Waals surface area contributed by atoms with Crippen molar-refractivity contribution in [1.82, 2.24) is 14.9 Å². The van der Waals surface area contributed by atoms with Crippen molar-refractivity contribution >= 4 is 11.6 Å². The summed E-state index contributed by atoms with van der Waals surface area (Å²) in [7, 11) is 0. The van der Waals surface area contributed by atoms with Crippen molar-refractivity contribution in [2.75, 3.05) is 5.32 Å². The van der Waals surface area contributed by atoms with Crippen molar-refractivity contribution in [3.63, 3.8) is 0 Å². The standard InChI is InChI=1S/C17H14N4O/c22-17-14-3-1-2-4-15(14)19-16(20-17)12-5-7-13(8-6-12)21-10-9-18-11-21/h1-11,16,19H,(H,20,22)/t16-/m0/s1. The second kappa shape index (κ2) is 5.04. The molecule has 5 nitrogen and oxygen atoms in total. The summed E-state index contributed by atoms with van der Waals surface area (Å²) >= 11 is 0. The van der Waals surface area contributed by atoms with Crippen LogP contribution < -0.4 is 10.6 Å². The molecule has 1 amide bonds. The van der Waals surface area contributed by atoms with Crippen LogP contribution in [0.1, 0.15) is 22.1 Å². The zero-order valence-corrected chi connectivity index (χ0v) is 11.7. The second-order valence-electron chi connectivity index (χ2n) is 5.16. The third-order valence-corrected chi connectivity index (χ3v) is 3.78. The summed E-state index contributed by atoms with van der Waals surface area (Å²) in [6.45, 7) is 0. The predicted octanol–water partition coefficient (Wildman–Crippen LogP) is 2.73. The number of carbonyl (C=O) groups excluding carboxylic acids is 1. The monoisotopic (exact) mass is 290 g/mol. The van der Waals surface area contributed by atoms with E-state index < -0.39 is 0 Å². The topological polar surface area (TPSA) is 59.0 Å². The van der Waals surface area contributed by atoms with Gasteiger partial charge in [0.25, 0.3) is 5.91 Å². The number of nitrogens with zero attached hydrogens (tertiary/aromatic N) is 2. The molecule has 2 N–H and O–H groups in total. The van der Waals surface area contributed by atoms with E-state index in [1.54, 1.807) is 12.5 Å². The van der Waals surface area contributed by atoms with Crippen LogP contribution in [0.25, 0.3) is 5.69 Å². The number of amides is 1. The number of hydrogen-bond donors (Lipinski definition) is 2. The molecule has 0 saturated carbocycles. The van der Waals surface area contributed by atoms with Gasteiger partial charge < -0.3 is 15.2 Å². The molecule has 5 heteroatoms. The second-order valence-corrected chi connectivity index (χ2v) is 5.16. The Labute approximate surface area is 127 Å². The van der Waals surface area contributed by atoms with Crippen LogP contribution in [-0.2, 0) is 0 Å². The van der Waals surface area contributed by atoms with E-state index in [1.807, 2.05) is 59.3 Å². The van der Waals surface area contributed by atoms with Gasteiger partial charge in [0.05, 0.1) is 11.9 Å². The number of nitrogens with one attached hydrogen (secondary N) is 2. The van der Waals surface area contributed by atoms with Gasteiger partial charge in [0.1, 0.15) is 6.17 Å². The molecular weight excluding hydrogens is 276 g/mol. The maximum Gasteiger partial charge on any atom is 0.255 e. The molecule has 22 heavy (non-hydrogen) atoms. The van der Waals surface area contributed by atoms with Crippen molar-refractivity contribution in [1.29, 1.82) is 0 Å². The van der Waals surface area contributed by atoms with Crippen LogP contribution in [0.15, 0.2) is 67.3 Å². The zero-order valence-electron chi connectivity index (χ0n) is 11.7. The minimum absolute atomic E-state index is 0.0574. The molecule has 0 radical (unpaired) electrons. The molecule has 1 atom stereocenters. The van der Waals surface area contributed by atoms with Crippen LogP contribution in [0.3, 0.4) is 0 Å².